The molecule has 2 heterocycles. The summed E-state index contributed by atoms with van der Waals surface area (Å²) in [7, 11) is 0. The summed E-state index contributed by atoms with van der Waals surface area (Å²) >= 11 is 6.10. The molecule has 2 amide bonds. The second kappa shape index (κ2) is 9.37. The number of nitrogens with zero attached hydrogens (tertiary/aromatic N) is 4. The van der Waals surface area contributed by atoms with Crippen LogP contribution in [0.15, 0.2) is 61.2 Å². The molecule has 146 valence electrons. The standard InChI is InChI=1S/C21H24ClN5O/c1-16(2)25-21(28)27(14-18-6-4-8-23-12-18)15-20-24-9-10-26(20)13-17-5-3-7-19(22)11-17/h3-12,16H,13-15H2,1-2H3,(H,25,28). The lowest BCUT2D eigenvalue weighted by atomic mass is 10.2. The van der Waals surface area contributed by atoms with Crippen molar-refractivity contribution in [2.45, 2.75) is 39.5 Å². The number of halogens is 1. The fraction of sp³-hybridized carbons (Fsp3) is 0.286. The molecule has 0 bridgehead atoms. The lowest BCUT2D eigenvalue weighted by Crippen LogP contribution is -2.42. The summed E-state index contributed by atoms with van der Waals surface area (Å²) in [4.78, 5) is 23.1. The molecule has 3 aromatic rings. The first-order valence-electron chi connectivity index (χ1n) is 9.20. The minimum atomic E-state index is -0.129. The number of pyridine rings is 1. The molecule has 1 N–H and O–H groups in total. The highest BCUT2D eigenvalue weighted by molar-refractivity contribution is 6.30. The third kappa shape index (κ3) is 5.57. The van der Waals surface area contributed by atoms with Gasteiger partial charge in [0, 0.05) is 48.9 Å². The quantitative estimate of drug-likeness (QED) is 0.652. The van der Waals surface area contributed by atoms with E-state index in [4.69, 9.17) is 11.6 Å². The average molecular weight is 398 g/mol. The first-order chi connectivity index (χ1) is 13.5. The van der Waals surface area contributed by atoms with E-state index in [0.717, 1.165) is 17.0 Å². The topological polar surface area (TPSA) is 63.1 Å². The monoisotopic (exact) mass is 397 g/mol. The van der Waals surface area contributed by atoms with Crippen LogP contribution < -0.4 is 5.32 Å². The fourth-order valence-corrected chi connectivity index (χ4v) is 3.10. The third-order valence-electron chi connectivity index (χ3n) is 4.17. The van der Waals surface area contributed by atoms with Crippen LogP contribution in [0.25, 0.3) is 0 Å². The highest BCUT2D eigenvalue weighted by Gasteiger charge is 2.18. The van der Waals surface area contributed by atoms with E-state index in [9.17, 15) is 4.79 Å². The zero-order valence-corrected chi connectivity index (χ0v) is 16.8. The number of hydrogen-bond acceptors (Lipinski definition) is 3. The predicted octanol–water partition coefficient (Wildman–Crippen LogP) is 4.10. The van der Waals surface area contributed by atoms with Gasteiger partial charge in [-0.1, -0.05) is 29.8 Å². The van der Waals surface area contributed by atoms with E-state index in [-0.39, 0.29) is 12.1 Å². The lowest BCUT2D eigenvalue weighted by molar-refractivity contribution is 0.187. The Morgan fingerprint density at radius 2 is 2.00 bits per heavy atom. The van der Waals surface area contributed by atoms with E-state index in [0.29, 0.717) is 24.7 Å². The van der Waals surface area contributed by atoms with Crippen LogP contribution in [-0.4, -0.2) is 31.5 Å². The maximum Gasteiger partial charge on any atom is 0.318 e. The molecule has 28 heavy (non-hydrogen) atoms. The highest BCUT2D eigenvalue weighted by atomic mass is 35.5. The number of urea groups is 1. The zero-order valence-electron chi connectivity index (χ0n) is 16.0. The summed E-state index contributed by atoms with van der Waals surface area (Å²) in [6, 6.07) is 11.5. The molecule has 0 aliphatic heterocycles. The van der Waals surface area contributed by atoms with E-state index in [1.165, 1.54) is 0 Å². The summed E-state index contributed by atoms with van der Waals surface area (Å²) in [6.45, 7) is 5.38. The van der Waals surface area contributed by atoms with Gasteiger partial charge >= 0.3 is 6.03 Å². The molecule has 0 radical (unpaired) electrons. The van der Waals surface area contributed by atoms with Gasteiger partial charge in [0.1, 0.15) is 5.82 Å². The van der Waals surface area contributed by atoms with Crippen molar-refractivity contribution in [3.8, 4) is 0 Å². The highest BCUT2D eigenvalue weighted by Crippen LogP contribution is 2.14. The van der Waals surface area contributed by atoms with Gasteiger partial charge < -0.3 is 14.8 Å². The molecule has 0 saturated heterocycles. The average Bonchev–Trinajstić information content (AvgIpc) is 3.08. The minimum Gasteiger partial charge on any atom is -0.336 e. The van der Waals surface area contributed by atoms with Crippen LogP contribution in [0.1, 0.15) is 30.8 Å². The Labute approximate surface area is 170 Å². The summed E-state index contributed by atoms with van der Waals surface area (Å²) in [5, 5.41) is 3.67. The van der Waals surface area contributed by atoms with Crippen molar-refractivity contribution in [3.05, 3.63) is 83.2 Å². The van der Waals surface area contributed by atoms with Crippen LogP contribution in [-0.2, 0) is 19.6 Å². The first-order valence-corrected chi connectivity index (χ1v) is 9.58. The van der Waals surface area contributed by atoms with Crippen LogP contribution in [0.3, 0.4) is 0 Å². The molecule has 0 unspecified atom stereocenters. The summed E-state index contributed by atoms with van der Waals surface area (Å²) < 4.78 is 2.03. The minimum absolute atomic E-state index is 0.0510. The van der Waals surface area contributed by atoms with Gasteiger partial charge in [0.05, 0.1) is 6.54 Å². The Hall–Kier alpha value is -2.86. The number of carbonyl (C=O) groups excluding carboxylic acids is 1. The lowest BCUT2D eigenvalue weighted by Gasteiger charge is -2.24. The number of imidazole rings is 1. The molecule has 7 heteroatoms. The van der Waals surface area contributed by atoms with Crippen LogP contribution in [0.4, 0.5) is 4.79 Å². The van der Waals surface area contributed by atoms with Crippen molar-refractivity contribution in [2.75, 3.05) is 0 Å². The molecular formula is C21H24ClN5O. The Balaban J connectivity index is 1.78. The zero-order chi connectivity index (χ0) is 19.9. The second-order valence-electron chi connectivity index (χ2n) is 6.92. The molecule has 0 aliphatic rings. The molecule has 0 saturated carbocycles. The molecule has 3 rings (SSSR count). The van der Waals surface area contributed by atoms with Gasteiger partial charge in [-0.3, -0.25) is 4.98 Å². The van der Waals surface area contributed by atoms with E-state index >= 15 is 0 Å². The van der Waals surface area contributed by atoms with E-state index < -0.39 is 0 Å². The molecule has 0 fully saturated rings. The van der Waals surface area contributed by atoms with Crippen LogP contribution in [0.5, 0.6) is 0 Å². The van der Waals surface area contributed by atoms with Crippen molar-refractivity contribution in [1.29, 1.82) is 0 Å². The van der Waals surface area contributed by atoms with Gasteiger partial charge in [0.2, 0.25) is 0 Å². The SMILES string of the molecule is CC(C)NC(=O)N(Cc1cccnc1)Cc1nccn1Cc1cccc(Cl)c1. The van der Waals surface area contributed by atoms with Crippen molar-refractivity contribution in [1.82, 2.24) is 24.8 Å². The Morgan fingerprint density at radius 3 is 2.71 bits per heavy atom. The van der Waals surface area contributed by atoms with Gasteiger partial charge in [-0.2, -0.15) is 0 Å². The first kappa shape index (κ1) is 19.9. The van der Waals surface area contributed by atoms with Gasteiger partial charge in [-0.25, -0.2) is 9.78 Å². The smallest absolute Gasteiger partial charge is 0.318 e. The second-order valence-corrected chi connectivity index (χ2v) is 7.36. The summed E-state index contributed by atoms with van der Waals surface area (Å²) in [6.07, 6.45) is 7.16. The van der Waals surface area contributed by atoms with Gasteiger partial charge in [-0.05, 0) is 43.2 Å². The Morgan fingerprint density at radius 1 is 1.18 bits per heavy atom. The number of carbonyl (C=O) groups is 1. The van der Waals surface area contributed by atoms with Gasteiger partial charge in [0.25, 0.3) is 0 Å². The van der Waals surface area contributed by atoms with Crippen LogP contribution >= 0.6 is 11.6 Å². The molecule has 2 aromatic heterocycles. The number of nitrogens with one attached hydrogen (secondary N) is 1. The molecule has 6 nitrogen and oxygen atoms in total. The van der Waals surface area contributed by atoms with Gasteiger partial charge in [0.15, 0.2) is 0 Å². The Kier molecular flexibility index (Phi) is 6.66. The van der Waals surface area contributed by atoms with Crippen molar-refractivity contribution < 1.29 is 4.79 Å². The molecule has 0 spiro atoms. The maximum absolute atomic E-state index is 12.7. The number of amides is 2. The molecular weight excluding hydrogens is 374 g/mol. The van der Waals surface area contributed by atoms with Crippen molar-refractivity contribution in [3.63, 3.8) is 0 Å². The number of aromatic nitrogens is 3. The van der Waals surface area contributed by atoms with Crippen molar-refractivity contribution in [2.24, 2.45) is 0 Å². The fourth-order valence-electron chi connectivity index (χ4n) is 2.89. The van der Waals surface area contributed by atoms with Gasteiger partial charge in [-0.15, -0.1) is 0 Å². The predicted molar refractivity (Wildman–Crippen MR) is 110 cm³/mol. The third-order valence-corrected chi connectivity index (χ3v) is 4.41. The van der Waals surface area contributed by atoms with E-state index in [2.05, 4.69) is 15.3 Å². The molecule has 1 aromatic carbocycles. The number of hydrogen-bond donors (Lipinski definition) is 1. The summed E-state index contributed by atoms with van der Waals surface area (Å²) in [5.41, 5.74) is 2.05. The van der Waals surface area contributed by atoms with E-state index in [1.807, 2.05) is 61.0 Å². The molecule has 0 aliphatic carbocycles. The normalized spacial score (nSPS) is 10.9. The van der Waals surface area contributed by atoms with Crippen molar-refractivity contribution >= 4 is 17.6 Å². The van der Waals surface area contributed by atoms with Crippen LogP contribution in [0, 0.1) is 0 Å². The number of rotatable bonds is 7. The Bertz CT molecular complexity index is 910. The number of benzene rings is 1. The largest absolute Gasteiger partial charge is 0.336 e. The van der Waals surface area contributed by atoms with E-state index in [1.54, 1.807) is 23.5 Å². The molecule has 0 atom stereocenters. The van der Waals surface area contributed by atoms with Crippen LogP contribution in [0.2, 0.25) is 5.02 Å². The maximum atomic E-state index is 12.7. The summed E-state index contributed by atoms with van der Waals surface area (Å²) in [5.74, 6) is 0.808.